The average Bonchev–Trinajstić information content (AvgIpc) is 2.60. The van der Waals surface area contributed by atoms with Gasteiger partial charge in [0, 0.05) is 5.56 Å². The van der Waals surface area contributed by atoms with Gasteiger partial charge in [-0.3, -0.25) is 4.79 Å². The molecule has 0 spiro atoms. The second-order valence-corrected chi connectivity index (χ2v) is 6.55. The minimum Gasteiger partial charge on any atom is -0.508 e. The summed E-state index contributed by atoms with van der Waals surface area (Å²) in [7, 11) is 0. The van der Waals surface area contributed by atoms with Gasteiger partial charge in [-0.2, -0.15) is 13.2 Å². The van der Waals surface area contributed by atoms with Gasteiger partial charge in [0.25, 0.3) is 0 Å². The van der Waals surface area contributed by atoms with Gasteiger partial charge in [0.1, 0.15) is 11.7 Å². The molecule has 0 radical (unpaired) electrons. The summed E-state index contributed by atoms with van der Waals surface area (Å²) in [6, 6.07) is 11.5. The Morgan fingerprint density at radius 1 is 1.11 bits per heavy atom. The van der Waals surface area contributed by atoms with E-state index in [9.17, 15) is 28.2 Å². The number of hydrogen-bond donors (Lipinski definition) is 4. The summed E-state index contributed by atoms with van der Waals surface area (Å²) >= 11 is 4.83. The zero-order valence-electron chi connectivity index (χ0n) is 13.7. The summed E-state index contributed by atoms with van der Waals surface area (Å²) in [6.07, 6.45) is -5.19. The van der Waals surface area contributed by atoms with Crippen molar-refractivity contribution in [3.05, 3.63) is 65.7 Å². The van der Waals surface area contributed by atoms with Crippen molar-refractivity contribution < 1.29 is 28.2 Å². The zero-order chi connectivity index (χ0) is 19.8. The number of halogens is 3. The van der Waals surface area contributed by atoms with Crippen LogP contribution in [-0.2, 0) is 0 Å². The van der Waals surface area contributed by atoms with Crippen molar-refractivity contribution in [2.75, 3.05) is 0 Å². The van der Waals surface area contributed by atoms with Crippen molar-refractivity contribution in [1.29, 1.82) is 0 Å². The molecule has 0 aromatic heterocycles. The Kier molecular flexibility index (Phi) is 4.83. The molecule has 3 atom stereocenters. The first-order chi connectivity index (χ1) is 12.6. The lowest BCUT2D eigenvalue weighted by atomic mass is 9.77. The van der Waals surface area contributed by atoms with Crippen LogP contribution in [0, 0.1) is 5.92 Å². The predicted octanol–water partition coefficient (Wildman–Crippen LogP) is 2.66. The molecule has 1 aliphatic heterocycles. The number of thiocarbonyl (C=S) groups is 1. The molecule has 2 aromatic rings. The van der Waals surface area contributed by atoms with Crippen molar-refractivity contribution in [2.45, 2.75) is 17.9 Å². The van der Waals surface area contributed by atoms with Gasteiger partial charge in [-0.15, -0.1) is 0 Å². The minimum absolute atomic E-state index is 0.00625. The highest BCUT2D eigenvalue weighted by Crippen LogP contribution is 2.44. The second kappa shape index (κ2) is 6.82. The number of Topliss-reactive ketones (excluding diaryl/α,β-unsaturated/α-hetero) is 1. The first kappa shape index (κ1) is 19.1. The van der Waals surface area contributed by atoms with Gasteiger partial charge in [0.2, 0.25) is 5.72 Å². The number of phenolic OH excluding ortho intramolecular Hbond substituents is 1. The van der Waals surface area contributed by atoms with Gasteiger partial charge in [0.15, 0.2) is 10.9 Å². The molecule has 2 aromatic carbocycles. The Bertz CT molecular complexity index is 876. The van der Waals surface area contributed by atoms with E-state index in [1.807, 2.05) is 5.32 Å². The van der Waals surface area contributed by atoms with Gasteiger partial charge in [-0.1, -0.05) is 42.5 Å². The molecule has 1 heterocycles. The van der Waals surface area contributed by atoms with Gasteiger partial charge >= 0.3 is 6.18 Å². The van der Waals surface area contributed by atoms with Crippen LogP contribution in [0.5, 0.6) is 5.75 Å². The number of carbonyl (C=O) groups is 1. The summed E-state index contributed by atoms with van der Waals surface area (Å²) in [5.74, 6) is -3.11. The molecule has 1 aliphatic rings. The maximum absolute atomic E-state index is 13.8. The van der Waals surface area contributed by atoms with E-state index in [1.165, 1.54) is 48.5 Å². The van der Waals surface area contributed by atoms with Crippen LogP contribution in [-0.4, -0.2) is 33.0 Å². The van der Waals surface area contributed by atoms with E-state index in [-0.39, 0.29) is 16.9 Å². The summed E-state index contributed by atoms with van der Waals surface area (Å²) in [5.41, 5.74) is -3.40. The molecule has 3 rings (SSSR count). The van der Waals surface area contributed by atoms with E-state index >= 15 is 0 Å². The number of aliphatic hydroxyl groups is 1. The van der Waals surface area contributed by atoms with E-state index in [2.05, 4.69) is 5.32 Å². The van der Waals surface area contributed by atoms with Crippen molar-refractivity contribution in [1.82, 2.24) is 10.6 Å². The number of alkyl halides is 3. The van der Waals surface area contributed by atoms with E-state index in [0.29, 0.717) is 0 Å². The number of phenols is 1. The maximum atomic E-state index is 13.8. The van der Waals surface area contributed by atoms with Crippen molar-refractivity contribution >= 4 is 23.1 Å². The van der Waals surface area contributed by atoms with Crippen molar-refractivity contribution in [3.8, 4) is 5.75 Å². The highest BCUT2D eigenvalue weighted by Gasteiger charge is 2.65. The minimum atomic E-state index is -5.19. The van der Waals surface area contributed by atoms with Gasteiger partial charge < -0.3 is 20.8 Å². The SMILES string of the molecule is O=C(c1ccccc1)C1C(c2cccc(O)c2)NC(=S)NC1(O)C(F)(F)F. The molecule has 0 amide bonds. The normalized spacial score (nSPS) is 25.4. The number of nitrogens with one attached hydrogen (secondary N) is 2. The molecule has 1 saturated heterocycles. The monoisotopic (exact) mass is 396 g/mol. The third kappa shape index (κ3) is 3.47. The number of aromatic hydroxyl groups is 1. The van der Waals surface area contributed by atoms with Crippen LogP contribution in [0.15, 0.2) is 54.6 Å². The molecule has 0 bridgehead atoms. The molecule has 0 aliphatic carbocycles. The summed E-state index contributed by atoms with van der Waals surface area (Å²) in [5, 5.41) is 24.2. The summed E-state index contributed by atoms with van der Waals surface area (Å²) < 4.78 is 41.4. The van der Waals surface area contributed by atoms with E-state index in [1.54, 1.807) is 6.07 Å². The third-order valence-corrected chi connectivity index (χ3v) is 4.60. The Labute approximate surface area is 157 Å². The lowest BCUT2D eigenvalue weighted by molar-refractivity contribution is -0.285. The second-order valence-electron chi connectivity index (χ2n) is 6.14. The quantitative estimate of drug-likeness (QED) is 0.472. The zero-order valence-corrected chi connectivity index (χ0v) is 14.5. The fourth-order valence-corrected chi connectivity index (χ4v) is 3.40. The summed E-state index contributed by atoms with van der Waals surface area (Å²) in [6.45, 7) is 0. The first-order valence-corrected chi connectivity index (χ1v) is 8.30. The third-order valence-electron chi connectivity index (χ3n) is 4.38. The number of benzene rings is 2. The van der Waals surface area contributed by atoms with Crippen LogP contribution in [0.2, 0.25) is 0 Å². The van der Waals surface area contributed by atoms with E-state index in [4.69, 9.17) is 12.2 Å². The molecule has 5 nitrogen and oxygen atoms in total. The van der Waals surface area contributed by atoms with Crippen LogP contribution >= 0.6 is 12.2 Å². The van der Waals surface area contributed by atoms with Crippen molar-refractivity contribution in [2.24, 2.45) is 5.92 Å². The van der Waals surface area contributed by atoms with Crippen molar-refractivity contribution in [3.63, 3.8) is 0 Å². The largest absolute Gasteiger partial charge is 0.508 e. The fourth-order valence-electron chi connectivity index (χ4n) is 3.12. The van der Waals surface area contributed by atoms with Crippen LogP contribution < -0.4 is 10.6 Å². The van der Waals surface area contributed by atoms with Gasteiger partial charge in [-0.05, 0) is 29.9 Å². The molecular weight excluding hydrogens is 381 g/mol. The van der Waals surface area contributed by atoms with Crippen LogP contribution in [0.4, 0.5) is 13.2 Å². The summed E-state index contributed by atoms with van der Waals surface area (Å²) in [4.78, 5) is 13.0. The first-order valence-electron chi connectivity index (χ1n) is 7.89. The number of hydrogen-bond acceptors (Lipinski definition) is 4. The highest BCUT2D eigenvalue weighted by atomic mass is 32.1. The van der Waals surface area contributed by atoms with E-state index in [0.717, 1.165) is 0 Å². The lowest BCUT2D eigenvalue weighted by Gasteiger charge is -2.46. The van der Waals surface area contributed by atoms with Gasteiger partial charge in [0.05, 0.1) is 6.04 Å². The van der Waals surface area contributed by atoms with Crippen LogP contribution in [0.1, 0.15) is 22.0 Å². The Morgan fingerprint density at radius 3 is 2.37 bits per heavy atom. The van der Waals surface area contributed by atoms with Crippen LogP contribution in [0.3, 0.4) is 0 Å². The smallest absolute Gasteiger partial charge is 0.437 e. The molecule has 0 saturated carbocycles. The Morgan fingerprint density at radius 2 is 1.78 bits per heavy atom. The number of ketones is 1. The average molecular weight is 396 g/mol. The van der Waals surface area contributed by atoms with Gasteiger partial charge in [-0.25, -0.2) is 0 Å². The molecule has 27 heavy (non-hydrogen) atoms. The van der Waals surface area contributed by atoms with E-state index < -0.39 is 34.8 Å². The molecule has 3 unspecified atom stereocenters. The molecular formula is C18H15F3N2O3S. The topological polar surface area (TPSA) is 81.6 Å². The number of carbonyl (C=O) groups excluding carboxylic acids is 1. The lowest BCUT2D eigenvalue weighted by Crippen LogP contribution is -2.72. The fraction of sp³-hybridized carbons (Fsp3) is 0.222. The number of rotatable bonds is 3. The highest BCUT2D eigenvalue weighted by molar-refractivity contribution is 7.80. The molecule has 4 N–H and O–H groups in total. The molecule has 9 heteroatoms. The molecule has 142 valence electrons. The molecule has 1 fully saturated rings. The Balaban J connectivity index is 2.17. The van der Waals surface area contributed by atoms with Crippen LogP contribution in [0.25, 0.3) is 0 Å². The Hall–Kier alpha value is -2.65. The maximum Gasteiger partial charge on any atom is 0.437 e. The predicted molar refractivity (Wildman–Crippen MR) is 95.0 cm³/mol. The standard InChI is InChI=1S/C18H15F3N2O3S/c19-18(20,21)17(26)13(15(25)10-5-2-1-3-6-10)14(22-16(27)23-17)11-7-4-8-12(24)9-11/h1-9,13-14,24,26H,(H2,22,23,27).